The number of carboxylic acid groups (broad SMARTS) is 8. The molecule has 0 unspecified atom stereocenters. The van der Waals surface area contributed by atoms with Crippen LogP contribution in [0.3, 0.4) is 0 Å². The summed E-state index contributed by atoms with van der Waals surface area (Å²) < 4.78 is 0. The molecule has 0 amide bonds. The average Bonchev–Trinajstić information content (AvgIpc) is 2.32. The minimum Gasteiger partial charge on any atom is -0.550 e. The fourth-order valence-electron chi connectivity index (χ4n) is 0.483. The summed E-state index contributed by atoms with van der Waals surface area (Å²) in [6.07, 6.45) is -3.89. The van der Waals surface area contributed by atoms with E-state index in [9.17, 15) is 69.0 Å². The number of carboxylic acids is 8. The molecule has 0 aromatic heterocycles. The van der Waals surface area contributed by atoms with Crippen LogP contribution in [-0.2, 0) is 72.5 Å². The second-order valence-electron chi connectivity index (χ2n) is 3.73. The summed E-state index contributed by atoms with van der Waals surface area (Å²) >= 11 is 0. The van der Waals surface area contributed by atoms with E-state index >= 15 is 0 Å². The Morgan fingerprint density at radius 1 is 0.400 bits per heavy atom. The molecule has 0 aromatic carbocycles. The van der Waals surface area contributed by atoms with Gasteiger partial charge in [0.25, 0.3) is 0 Å². The second-order valence-corrected chi connectivity index (χ2v) is 3.73. The predicted octanol–water partition coefficient (Wildman–Crippen LogP) is -9.83. The average molecular weight is 522 g/mol. The van der Waals surface area contributed by atoms with Gasteiger partial charge in [-0.15, -0.1) is 0 Å². The number of hydrogen-bond acceptors (Lipinski definition) is 14. The predicted molar refractivity (Wildman–Crippen MR) is 63.8 cm³/mol. The van der Waals surface area contributed by atoms with Crippen molar-refractivity contribution in [3.8, 4) is 0 Å². The molecule has 0 aliphatic heterocycles. The van der Waals surface area contributed by atoms with Crippen LogP contribution in [0.5, 0.6) is 0 Å². The van der Waals surface area contributed by atoms with Crippen LogP contribution < -0.4 is 30.6 Å². The first-order valence-corrected chi connectivity index (χ1v) is 6.13. The van der Waals surface area contributed by atoms with Crippen molar-refractivity contribution in [2.24, 2.45) is 0 Å². The molecule has 0 fully saturated rings. The van der Waals surface area contributed by atoms with Crippen molar-refractivity contribution in [2.75, 3.05) is 0 Å². The Morgan fingerprint density at radius 2 is 0.533 bits per heavy atom. The maximum atomic E-state index is 9.43. The Morgan fingerprint density at radius 3 is 0.533 bits per heavy atom. The van der Waals surface area contributed by atoms with Crippen molar-refractivity contribution in [2.45, 2.75) is 25.7 Å². The molecule has 2 N–H and O–H groups in total. The molecule has 0 heterocycles. The summed E-state index contributed by atoms with van der Waals surface area (Å²) in [6.45, 7) is 0. The third kappa shape index (κ3) is 85.7. The fourth-order valence-corrected chi connectivity index (χ4v) is 0.483. The van der Waals surface area contributed by atoms with Crippen LogP contribution in [0.25, 0.3) is 0 Å². The van der Waals surface area contributed by atoms with Crippen LogP contribution in [0.4, 0.5) is 0 Å². The van der Waals surface area contributed by atoms with E-state index in [1.807, 2.05) is 0 Å². The largest absolute Gasteiger partial charge is 3.00 e. The van der Waals surface area contributed by atoms with Crippen molar-refractivity contribution < 1.29 is 113 Å². The molecule has 30 heavy (non-hydrogen) atoms. The molecule has 0 aliphatic carbocycles. The number of carbonyl (C=O) groups is 8. The van der Waals surface area contributed by atoms with E-state index < -0.39 is 73.4 Å². The molecule has 0 rings (SSSR count). The molecule has 0 saturated heterocycles. The van der Waals surface area contributed by atoms with Crippen LogP contribution in [0.2, 0.25) is 0 Å². The normalized spacial score (nSPS) is 7.47. The molecule has 170 valence electrons. The van der Waals surface area contributed by atoms with E-state index in [0.717, 1.165) is 0 Å². The Labute approximate surface area is 187 Å². The summed E-state index contributed by atoms with van der Waals surface area (Å²) in [5.41, 5.74) is 0. The summed E-state index contributed by atoms with van der Waals surface area (Å²) in [7, 11) is 0. The van der Waals surface area contributed by atoms with Gasteiger partial charge in [0.1, 0.15) is 6.42 Å². The zero-order valence-electron chi connectivity index (χ0n) is 14.1. The van der Waals surface area contributed by atoms with E-state index in [1.54, 1.807) is 0 Å². The van der Waals surface area contributed by atoms with E-state index in [2.05, 4.69) is 0 Å². The van der Waals surface area contributed by atoms with Gasteiger partial charge in [0.05, 0.1) is 0 Å². The number of rotatable bonds is 8. The van der Waals surface area contributed by atoms with E-state index in [1.165, 1.54) is 0 Å². The van der Waals surface area contributed by atoms with Gasteiger partial charge in [0, 0.05) is 55.1 Å². The zero-order valence-corrected chi connectivity index (χ0v) is 16.4. The van der Waals surface area contributed by atoms with Crippen LogP contribution in [-0.4, -0.2) is 58.0 Å². The molecule has 0 aromatic rings. The first-order chi connectivity index (χ1) is 12.5. The van der Waals surface area contributed by atoms with Gasteiger partial charge in [-0.05, 0) is 0 Å². The smallest absolute Gasteiger partial charge is 0.550 e. The van der Waals surface area contributed by atoms with Crippen LogP contribution in [0, 0.1) is 0 Å². The fraction of sp³-hybridized carbons (Fsp3) is 0.333. The zero-order chi connectivity index (χ0) is 23.4. The van der Waals surface area contributed by atoms with Gasteiger partial charge in [-0.3, -0.25) is 9.59 Å². The molecule has 0 aliphatic rings. The van der Waals surface area contributed by atoms with Crippen LogP contribution in [0.15, 0.2) is 0 Å². The van der Waals surface area contributed by atoms with Crippen molar-refractivity contribution in [3.63, 3.8) is 0 Å². The Bertz CT molecular complexity index is 447. The second kappa shape index (κ2) is 25.8. The molecular formula is C12H10Fe2O16. The standard InChI is InChI=1S/4C3H4O4.2Fe/c4*4-2(5)1-3(6)7;;/h4*1H2,(H,4,5)(H,6,7);;/q;;;;2*+3/p-6. The Kier molecular flexibility index (Phi) is 35.5. The quantitative estimate of drug-likeness (QED) is 0.221. The monoisotopic (exact) mass is 522 g/mol. The van der Waals surface area contributed by atoms with Crippen molar-refractivity contribution >= 4 is 47.8 Å². The molecule has 16 nitrogen and oxygen atoms in total. The molecule has 0 bridgehead atoms. The molecule has 18 heteroatoms. The van der Waals surface area contributed by atoms with Crippen LogP contribution in [0.1, 0.15) is 25.7 Å². The van der Waals surface area contributed by atoms with Crippen molar-refractivity contribution in [1.82, 2.24) is 0 Å². The molecule has 0 spiro atoms. The number of hydrogen-bond donors (Lipinski definition) is 2. The number of aliphatic carboxylic acids is 8. The summed E-state index contributed by atoms with van der Waals surface area (Å²) in [5.74, 6) is -12.4. The van der Waals surface area contributed by atoms with Gasteiger partial charge in [0.15, 0.2) is 0 Å². The Balaban J connectivity index is -0.0000000626. The maximum absolute atomic E-state index is 9.43. The molecule has 0 saturated carbocycles. The molecular weight excluding hydrogens is 512 g/mol. The van der Waals surface area contributed by atoms with Gasteiger partial charge in [-0.25, -0.2) is 0 Å². The maximum Gasteiger partial charge on any atom is 3.00 e. The third-order valence-electron chi connectivity index (χ3n) is 1.17. The van der Waals surface area contributed by atoms with Gasteiger partial charge in [0.2, 0.25) is 0 Å². The van der Waals surface area contributed by atoms with Gasteiger partial charge in [-0.2, -0.15) is 0 Å². The van der Waals surface area contributed by atoms with Crippen LogP contribution >= 0.6 is 0 Å². The number of carbonyl (C=O) groups excluding carboxylic acids is 6. The Hall–Kier alpha value is -3.20. The SMILES string of the molecule is O=C(O)CC(=O)O.O=C([O-])CC(=O)[O-].O=C([O-])CC(=O)[O-].O=C([O-])CC(=O)[O-].[Fe+3].[Fe+3]. The summed E-state index contributed by atoms with van der Waals surface area (Å²) in [5, 5.41) is 71.1. The first-order valence-electron chi connectivity index (χ1n) is 6.13. The topological polar surface area (TPSA) is 315 Å². The molecule has 2 radical (unpaired) electrons. The van der Waals surface area contributed by atoms with E-state index in [-0.39, 0.29) is 34.1 Å². The van der Waals surface area contributed by atoms with Crippen molar-refractivity contribution in [1.29, 1.82) is 0 Å². The first kappa shape index (κ1) is 41.2. The van der Waals surface area contributed by atoms with Gasteiger partial charge >= 0.3 is 46.1 Å². The van der Waals surface area contributed by atoms with E-state index in [4.69, 9.17) is 10.2 Å². The van der Waals surface area contributed by atoms with Crippen molar-refractivity contribution in [3.05, 3.63) is 0 Å². The van der Waals surface area contributed by atoms with Gasteiger partial charge < -0.3 is 69.6 Å². The van der Waals surface area contributed by atoms with E-state index in [0.29, 0.717) is 0 Å². The van der Waals surface area contributed by atoms with Gasteiger partial charge in [-0.1, -0.05) is 0 Å². The third-order valence-corrected chi connectivity index (χ3v) is 1.17. The minimum absolute atomic E-state index is 0. The molecule has 0 atom stereocenters. The summed E-state index contributed by atoms with van der Waals surface area (Å²) in [4.78, 5) is 74.5. The minimum atomic E-state index is -1.63. The summed E-state index contributed by atoms with van der Waals surface area (Å²) in [6, 6.07) is 0.